The van der Waals surface area contributed by atoms with E-state index >= 15 is 0 Å². The molecule has 1 rings (SSSR count). The second kappa shape index (κ2) is 6.33. The molecule has 0 saturated heterocycles. The van der Waals surface area contributed by atoms with Crippen LogP contribution in [0.5, 0.6) is 0 Å². The van der Waals surface area contributed by atoms with Gasteiger partial charge in [-0.05, 0) is 19.2 Å². The predicted molar refractivity (Wildman–Crippen MR) is 72.7 cm³/mol. The molecule has 0 fully saturated rings. The van der Waals surface area contributed by atoms with E-state index in [2.05, 4.69) is 16.0 Å². The van der Waals surface area contributed by atoms with Gasteiger partial charge in [-0.15, -0.1) is 6.42 Å². The van der Waals surface area contributed by atoms with Gasteiger partial charge in [-0.2, -0.15) is 0 Å². The molecule has 0 heterocycles. The minimum absolute atomic E-state index is 0.0297. The first kappa shape index (κ1) is 15.9. The average Bonchev–Trinajstić information content (AvgIpc) is 2.44. The van der Waals surface area contributed by atoms with Gasteiger partial charge >= 0.3 is 0 Å². The summed E-state index contributed by atoms with van der Waals surface area (Å²) in [6.45, 7) is -0.412. The SMILES string of the molecule is C#CC(CO)Nc1ccc(S(=O)(=O)NC)cc1[N+](=O)[O-]. The van der Waals surface area contributed by atoms with Gasteiger partial charge in [0.25, 0.3) is 5.69 Å². The summed E-state index contributed by atoms with van der Waals surface area (Å²) in [4.78, 5) is 10.0. The highest BCUT2D eigenvalue weighted by Crippen LogP contribution is 2.27. The molecule has 0 aliphatic carbocycles. The monoisotopic (exact) mass is 299 g/mol. The Bertz CT molecular complexity index is 651. The summed E-state index contributed by atoms with van der Waals surface area (Å²) in [5.41, 5.74) is -0.419. The molecule has 0 aromatic heterocycles. The van der Waals surface area contributed by atoms with Crippen molar-refractivity contribution in [2.45, 2.75) is 10.9 Å². The normalized spacial score (nSPS) is 12.4. The number of benzene rings is 1. The fraction of sp³-hybridized carbons (Fsp3) is 0.273. The van der Waals surface area contributed by atoms with E-state index in [1.807, 2.05) is 0 Å². The number of hydrogen-bond donors (Lipinski definition) is 3. The quantitative estimate of drug-likeness (QED) is 0.383. The van der Waals surface area contributed by atoms with Gasteiger partial charge in [0.05, 0.1) is 16.4 Å². The average molecular weight is 299 g/mol. The molecule has 9 heteroatoms. The molecule has 0 spiro atoms. The summed E-state index contributed by atoms with van der Waals surface area (Å²) in [6, 6.07) is 2.54. The maximum Gasteiger partial charge on any atom is 0.293 e. The van der Waals surface area contributed by atoms with E-state index in [0.717, 1.165) is 6.07 Å². The van der Waals surface area contributed by atoms with Crippen molar-refractivity contribution in [2.75, 3.05) is 19.0 Å². The number of terminal acetylenes is 1. The summed E-state index contributed by atoms with van der Waals surface area (Å²) in [7, 11) is -2.58. The Hall–Kier alpha value is -2.15. The fourth-order valence-corrected chi connectivity index (χ4v) is 2.15. The molecule has 1 unspecified atom stereocenters. The van der Waals surface area contributed by atoms with Gasteiger partial charge in [-0.1, -0.05) is 5.92 Å². The third-order valence-corrected chi connectivity index (χ3v) is 3.87. The third-order valence-electron chi connectivity index (χ3n) is 2.46. The minimum Gasteiger partial charge on any atom is -0.393 e. The highest BCUT2D eigenvalue weighted by molar-refractivity contribution is 7.89. The molecule has 0 radical (unpaired) electrons. The van der Waals surface area contributed by atoms with Crippen molar-refractivity contribution in [3.05, 3.63) is 28.3 Å². The van der Waals surface area contributed by atoms with Gasteiger partial charge in [-0.25, -0.2) is 13.1 Å². The first-order valence-electron chi connectivity index (χ1n) is 5.41. The fourth-order valence-electron chi connectivity index (χ4n) is 1.40. The largest absolute Gasteiger partial charge is 0.393 e. The van der Waals surface area contributed by atoms with E-state index in [9.17, 15) is 18.5 Å². The number of nitro benzene ring substituents is 1. The van der Waals surface area contributed by atoms with Crippen molar-refractivity contribution >= 4 is 21.4 Å². The molecule has 0 bridgehead atoms. The molecule has 20 heavy (non-hydrogen) atoms. The zero-order valence-electron chi connectivity index (χ0n) is 10.5. The molecule has 1 aromatic rings. The molecule has 0 aliphatic rings. The molecule has 1 atom stereocenters. The van der Waals surface area contributed by atoms with E-state index in [0.29, 0.717) is 0 Å². The number of aliphatic hydroxyl groups is 1. The molecule has 1 aromatic carbocycles. The number of nitrogens with zero attached hydrogens (tertiary/aromatic N) is 1. The van der Waals surface area contributed by atoms with Crippen LogP contribution in [0.4, 0.5) is 11.4 Å². The van der Waals surface area contributed by atoms with Crippen LogP contribution < -0.4 is 10.0 Å². The molecule has 0 aliphatic heterocycles. The smallest absolute Gasteiger partial charge is 0.293 e. The van der Waals surface area contributed by atoms with Crippen LogP contribution in [0, 0.1) is 22.5 Å². The first-order valence-corrected chi connectivity index (χ1v) is 6.89. The van der Waals surface area contributed by atoms with Gasteiger partial charge in [0.1, 0.15) is 11.7 Å². The lowest BCUT2D eigenvalue weighted by molar-refractivity contribution is -0.384. The number of sulfonamides is 1. The molecule has 8 nitrogen and oxygen atoms in total. The first-order chi connectivity index (χ1) is 9.35. The Labute approximate surface area is 116 Å². The number of anilines is 1. The second-order valence-corrected chi connectivity index (χ2v) is 5.58. The van der Waals surface area contributed by atoms with E-state index in [1.165, 1.54) is 19.2 Å². The highest BCUT2D eigenvalue weighted by atomic mass is 32.2. The van der Waals surface area contributed by atoms with Gasteiger partial charge in [0.2, 0.25) is 10.0 Å². The van der Waals surface area contributed by atoms with Crippen LogP contribution >= 0.6 is 0 Å². The Morgan fingerprint density at radius 3 is 2.65 bits per heavy atom. The number of aliphatic hydroxyl groups excluding tert-OH is 1. The van der Waals surface area contributed by atoms with E-state index in [4.69, 9.17) is 11.5 Å². The van der Waals surface area contributed by atoms with Crippen LogP contribution in [-0.4, -0.2) is 38.1 Å². The summed E-state index contributed by atoms with van der Waals surface area (Å²) < 4.78 is 25.3. The third kappa shape index (κ3) is 3.45. The van der Waals surface area contributed by atoms with Crippen molar-refractivity contribution in [3.63, 3.8) is 0 Å². The maximum atomic E-state index is 11.6. The van der Waals surface area contributed by atoms with E-state index in [1.54, 1.807) is 0 Å². The standard InChI is InChI=1S/C11H13N3O5S/c1-3-8(7-15)13-10-5-4-9(20(18,19)12-2)6-11(10)14(16)17/h1,4-6,8,12-13,15H,7H2,2H3. The second-order valence-electron chi connectivity index (χ2n) is 3.69. The summed E-state index contributed by atoms with van der Waals surface area (Å²) >= 11 is 0. The van der Waals surface area contributed by atoms with Crippen LogP contribution in [0.1, 0.15) is 0 Å². The van der Waals surface area contributed by atoms with Crippen LogP contribution in [0.2, 0.25) is 0 Å². The number of hydrogen-bond acceptors (Lipinski definition) is 6. The molecule has 108 valence electrons. The lowest BCUT2D eigenvalue weighted by atomic mass is 10.2. The van der Waals surface area contributed by atoms with E-state index < -0.39 is 33.3 Å². The Balaban J connectivity index is 3.29. The summed E-state index contributed by atoms with van der Waals surface area (Å²) in [5.74, 6) is 2.21. The molecular weight excluding hydrogens is 286 g/mol. The Morgan fingerprint density at radius 1 is 1.55 bits per heavy atom. The van der Waals surface area contributed by atoms with Crippen LogP contribution in [0.25, 0.3) is 0 Å². The van der Waals surface area contributed by atoms with Crippen LogP contribution in [0.3, 0.4) is 0 Å². The Kier molecular flexibility index (Phi) is 5.04. The predicted octanol–water partition coefficient (Wildman–Crippen LogP) is -0.0911. The van der Waals surface area contributed by atoms with Crippen molar-refractivity contribution in [1.82, 2.24) is 4.72 Å². The van der Waals surface area contributed by atoms with Crippen molar-refractivity contribution in [1.29, 1.82) is 0 Å². The molecule has 3 N–H and O–H groups in total. The van der Waals surface area contributed by atoms with Crippen molar-refractivity contribution in [3.8, 4) is 12.3 Å². The van der Waals surface area contributed by atoms with Gasteiger partial charge < -0.3 is 10.4 Å². The summed E-state index contributed by atoms with van der Waals surface area (Å²) in [6.07, 6.45) is 5.13. The molecule has 0 amide bonds. The highest BCUT2D eigenvalue weighted by Gasteiger charge is 2.21. The lowest BCUT2D eigenvalue weighted by Gasteiger charge is -2.12. The number of nitro groups is 1. The zero-order valence-corrected chi connectivity index (χ0v) is 11.3. The van der Waals surface area contributed by atoms with Crippen molar-refractivity contribution < 1.29 is 18.4 Å². The van der Waals surface area contributed by atoms with Crippen LogP contribution in [-0.2, 0) is 10.0 Å². The lowest BCUT2D eigenvalue weighted by Crippen LogP contribution is -2.22. The molecular formula is C11H13N3O5S. The zero-order chi connectivity index (χ0) is 15.3. The number of rotatable bonds is 6. The van der Waals surface area contributed by atoms with E-state index in [-0.39, 0.29) is 10.6 Å². The van der Waals surface area contributed by atoms with Crippen molar-refractivity contribution in [2.24, 2.45) is 0 Å². The Morgan fingerprint density at radius 2 is 2.20 bits per heavy atom. The molecule has 0 saturated carbocycles. The van der Waals surface area contributed by atoms with Crippen LogP contribution in [0.15, 0.2) is 23.1 Å². The van der Waals surface area contributed by atoms with Gasteiger partial charge in [-0.3, -0.25) is 10.1 Å². The topological polar surface area (TPSA) is 122 Å². The van der Waals surface area contributed by atoms with Gasteiger partial charge in [0, 0.05) is 6.07 Å². The van der Waals surface area contributed by atoms with Gasteiger partial charge in [0.15, 0.2) is 0 Å². The maximum absolute atomic E-state index is 11.6. The minimum atomic E-state index is -3.78. The summed E-state index contributed by atoms with van der Waals surface area (Å²) in [5, 5.41) is 22.5. The number of nitrogens with one attached hydrogen (secondary N) is 2.